The number of aliphatic hydroxyl groups is 1. The molecule has 0 amide bonds. The van der Waals surface area contributed by atoms with Gasteiger partial charge in [-0.15, -0.1) is 0 Å². The van der Waals surface area contributed by atoms with Gasteiger partial charge in [-0.25, -0.2) is 4.98 Å². The average Bonchev–Trinajstić information content (AvgIpc) is 2.65. The van der Waals surface area contributed by atoms with E-state index in [0.717, 1.165) is 18.6 Å². The van der Waals surface area contributed by atoms with Crippen LogP contribution in [0.4, 0.5) is 0 Å². The van der Waals surface area contributed by atoms with Crippen LogP contribution in [0, 0.1) is 0 Å². The molecule has 1 rings (SSSR count). The maximum absolute atomic E-state index is 9.27. The van der Waals surface area contributed by atoms with Gasteiger partial charge < -0.3 is 14.8 Å². The minimum Gasteiger partial charge on any atom is -0.444 e. The van der Waals surface area contributed by atoms with Crippen molar-refractivity contribution in [1.29, 1.82) is 0 Å². The fourth-order valence-corrected chi connectivity index (χ4v) is 1.08. The van der Waals surface area contributed by atoms with Crippen LogP contribution >= 0.6 is 0 Å². The van der Waals surface area contributed by atoms with Crippen molar-refractivity contribution < 1.29 is 9.52 Å². The molecule has 0 spiro atoms. The van der Waals surface area contributed by atoms with E-state index in [1.807, 2.05) is 13.8 Å². The van der Waals surface area contributed by atoms with Crippen LogP contribution < -0.4 is 5.32 Å². The summed E-state index contributed by atoms with van der Waals surface area (Å²) in [5.41, 5.74) is 0. The largest absolute Gasteiger partial charge is 0.444 e. The van der Waals surface area contributed by atoms with Gasteiger partial charge in [0.1, 0.15) is 5.76 Å². The maximum Gasteiger partial charge on any atom is 0.208 e. The monoisotopic (exact) mass is 198 g/mol. The molecular formula is C10H18N2O2. The van der Waals surface area contributed by atoms with Crippen molar-refractivity contribution in [3.63, 3.8) is 0 Å². The standard InChI is InChI=1S/C10H18N2O2/c1-3-8(13)5-11-7-10-12-6-9(4-2)14-10/h6,8,11,13H,3-5,7H2,1-2H3. The van der Waals surface area contributed by atoms with E-state index in [1.54, 1.807) is 6.20 Å². The Bertz CT molecular complexity index is 260. The smallest absolute Gasteiger partial charge is 0.208 e. The van der Waals surface area contributed by atoms with Crippen molar-refractivity contribution in [2.24, 2.45) is 0 Å². The SMILES string of the molecule is CCc1cnc(CNCC(O)CC)o1. The summed E-state index contributed by atoms with van der Waals surface area (Å²) in [5.74, 6) is 1.59. The van der Waals surface area contributed by atoms with Gasteiger partial charge in [-0.1, -0.05) is 13.8 Å². The van der Waals surface area contributed by atoms with Crippen molar-refractivity contribution in [3.8, 4) is 0 Å². The van der Waals surface area contributed by atoms with Crippen LogP contribution in [0.5, 0.6) is 0 Å². The van der Waals surface area contributed by atoms with Gasteiger partial charge in [-0.3, -0.25) is 0 Å². The number of aromatic nitrogens is 1. The van der Waals surface area contributed by atoms with Gasteiger partial charge in [-0.05, 0) is 6.42 Å². The van der Waals surface area contributed by atoms with E-state index in [9.17, 15) is 5.11 Å². The molecule has 1 heterocycles. The highest BCUT2D eigenvalue weighted by molar-refractivity contribution is 4.93. The Balaban J connectivity index is 2.24. The number of hydrogen-bond acceptors (Lipinski definition) is 4. The van der Waals surface area contributed by atoms with Crippen LogP contribution in [-0.2, 0) is 13.0 Å². The van der Waals surface area contributed by atoms with Crippen molar-refractivity contribution in [1.82, 2.24) is 10.3 Å². The first-order valence-electron chi connectivity index (χ1n) is 5.08. The third-order valence-corrected chi connectivity index (χ3v) is 2.08. The van der Waals surface area contributed by atoms with Crippen LogP contribution in [0.2, 0.25) is 0 Å². The summed E-state index contributed by atoms with van der Waals surface area (Å²) in [5, 5.41) is 12.4. The third-order valence-electron chi connectivity index (χ3n) is 2.08. The molecule has 0 aliphatic heterocycles. The highest BCUT2D eigenvalue weighted by Gasteiger charge is 2.03. The number of nitrogens with one attached hydrogen (secondary N) is 1. The summed E-state index contributed by atoms with van der Waals surface area (Å²) in [6.07, 6.45) is 3.09. The molecule has 0 aromatic carbocycles. The number of hydrogen-bond donors (Lipinski definition) is 2. The van der Waals surface area contributed by atoms with Crippen LogP contribution in [0.25, 0.3) is 0 Å². The fourth-order valence-electron chi connectivity index (χ4n) is 1.08. The zero-order valence-corrected chi connectivity index (χ0v) is 8.79. The minimum absolute atomic E-state index is 0.282. The summed E-state index contributed by atoms with van der Waals surface area (Å²) in [4.78, 5) is 4.10. The Morgan fingerprint density at radius 2 is 2.36 bits per heavy atom. The van der Waals surface area contributed by atoms with Crippen molar-refractivity contribution in [3.05, 3.63) is 17.8 Å². The molecule has 1 atom stereocenters. The molecule has 1 unspecified atom stereocenters. The second kappa shape index (κ2) is 5.78. The molecule has 2 N–H and O–H groups in total. The normalized spacial score (nSPS) is 13.1. The summed E-state index contributed by atoms with van der Waals surface area (Å²) < 4.78 is 5.39. The summed E-state index contributed by atoms with van der Waals surface area (Å²) in [7, 11) is 0. The van der Waals surface area contributed by atoms with E-state index in [0.29, 0.717) is 19.0 Å². The van der Waals surface area contributed by atoms with Crippen molar-refractivity contribution in [2.45, 2.75) is 39.3 Å². The van der Waals surface area contributed by atoms with Crippen LogP contribution in [0.15, 0.2) is 10.6 Å². The van der Waals surface area contributed by atoms with Crippen molar-refractivity contribution >= 4 is 0 Å². The lowest BCUT2D eigenvalue weighted by Crippen LogP contribution is -2.25. The Hall–Kier alpha value is -0.870. The van der Waals surface area contributed by atoms with Crippen molar-refractivity contribution in [2.75, 3.05) is 6.54 Å². The van der Waals surface area contributed by atoms with Gasteiger partial charge in [0.05, 0.1) is 18.8 Å². The van der Waals surface area contributed by atoms with E-state index in [-0.39, 0.29) is 6.10 Å². The fraction of sp³-hybridized carbons (Fsp3) is 0.700. The maximum atomic E-state index is 9.27. The lowest BCUT2D eigenvalue weighted by Gasteiger charge is -2.06. The molecular weight excluding hydrogens is 180 g/mol. The van der Waals surface area contributed by atoms with Gasteiger partial charge in [0.2, 0.25) is 5.89 Å². The van der Waals surface area contributed by atoms with Crippen LogP contribution in [-0.4, -0.2) is 22.7 Å². The van der Waals surface area contributed by atoms with Gasteiger partial charge in [0.25, 0.3) is 0 Å². The predicted molar refractivity (Wildman–Crippen MR) is 53.9 cm³/mol. The molecule has 4 heteroatoms. The molecule has 0 aliphatic rings. The number of aryl methyl sites for hydroxylation is 1. The van der Waals surface area contributed by atoms with Crippen LogP contribution in [0.1, 0.15) is 31.9 Å². The molecule has 4 nitrogen and oxygen atoms in total. The zero-order valence-electron chi connectivity index (χ0n) is 8.79. The molecule has 0 saturated carbocycles. The van der Waals surface area contributed by atoms with E-state index in [1.165, 1.54) is 0 Å². The first-order valence-corrected chi connectivity index (χ1v) is 5.08. The minimum atomic E-state index is -0.282. The topological polar surface area (TPSA) is 58.3 Å². The van der Waals surface area contributed by atoms with E-state index < -0.39 is 0 Å². The molecule has 0 saturated heterocycles. The molecule has 1 aromatic rings. The molecule has 0 bridgehead atoms. The molecule has 0 aliphatic carbocycles. The van der Waals surface area contributed by atoms with E-state index >= 15 is 0 Å². The Labute approximate surface area is 84.3 Å². The predicted octanol–water partition coefficient (Wildman–Crippen LogP) is 1.10. The van der Waals surface area contributed by atoms with E-state index in [2.05, 4.69) is 10.3 Å². The Morgan fingerprint density at radius 1 is 1.57 bits per heavy atom. The lowest BCUT2D eigenvalue weighted by molar-refractivity contribution is 0.166. The third kappa shape index (κ3) is 3.47. The van der Waals surface area contributed by atoms with Gasteiger partial charge in [0.15, 0.2) is 0 Å². The number of aliphatic hydroxyl groups excluding tert-OH is 1. The number of oxazole rings is 1. The highest BCUT2D eigenvalue weighted by atomic mass is 16.4. The first kappa shape index (κ1) is 11.2. The molecule has 14 heavy (non-hydrogen) atoms. The number of nitrogens with zero attached hydrogens (tertiary/aromatic N) is 1. The molecule has 80 valence electrons. The zero-order chi connectivity index (χ0) is 10.4. The second-order valence-electron chi connectivity index (χ2n) is 3.27. The number of rotatable bonds is 6. The Morgan fingerprint density at radius 3 is 2.93 bits per heavy atom. The molecule has 0 fully saturated rings. The summed E-state index contributed by atoms with van der Waals surface area (Å²) in [6, 6.07) is 0. The molecule has 1 aromatic heterocycles. The quantitative estimate of drug-likeness (QED) is 0.718. The Kier molecular flexibility index (Phi) is 4.62. The van der Waals surface area contributed by atoms with Gasteiger partial charge in [-0.2, -0.15) is 0 Å². The van der Waals surface area contributed by atoms with Gasteiger partial charge >= 0.3 is 0 Å². The molecule has 0 radical (unpaired) electrons. The first-order chi connectivity index (χ1) is 6.76. The average molecular weight is 198 g/mol. The second-order valence-corrected chi connectivity index (χ2v) is 3.27. The highest BCUT2D eigenvalue weighted by Crippen LogP contribution is 2.03. The van der Waals surface area contributed by atoms with Gasteiger partial charge in [0, 0.05) is 13.0 Å². The summed E-state index contributed by atoms with van der Waals surface area (Å²) in [6.45, 7) is 5.14. The summed E-state index contributed by atoms with van der Waals surface area (Å²) >= 11 is 0. The van der Waals surface area contributed by atoms with E-state index in [4.69, 9.17) is 4.42 Å². The van der Waals surface area contributed by atoms with Crippen LogP contribution in [0.3, 0.4) is 0 Å². The lowest BCUT2D eigenvalue weighted by atomic mass is 10.3.